The first-order valence-corrected chi connectivity index (χ1v) is 6.43. The molecule has 1 aliphatic carbocycles. The summed E-state index contributed by atoms with van der Waals surface area (Å²) in [5.74, 6) is -0.922. The quantitative estimate of drug-likeness (QED) is 0.797. The predicted octanol–water partition coefficient (Wildman–Crippen LogP) is 3.15. The summed E-state index contributed by atoms with van der Waals surface area (Å²) < 4.78 is 36.0. The molecule has 2 nitrogen and oxygen atoms in total. The molecule has 1 fully saturated rings. The van der Waals surface area contributed by atoms with Gasteiger partial charge in [0.25, 0.3) is 0 Å². The van der Waals surface area contributed by atoms with Gasteiger partial charge in [0.2, 0.25) is 5.91 Å². The van der Waals surface area contributed by atoms with Crippen LogP contribution < -0.4 is 5.32 Å². The van der Waals surface area contributed by atoms with E-state index in [-0.39, 0.29) is 0 Å². The second kappa shape index (κ2) is 5.38. The topological polar surface area (TPSA) is 29.1 Å². The second-order valence-electron chi connectivity index (χ2n) is 4.31. The van der Waals surface area contributed by atoms with Gasteiger partial charge in [-0.1, -0.05) is 35.2 Å². The summed E-state index contributed by atoms with van der Waals surface area (Å²) in [5.41, 5.74) is -0.472. The Labute approximate surface area is 101 Å². The second-order valence-corrected chi connectivity index (χ2v) is 4.88. The normalized spacial score (nSPS) is 20.5. The molecular weight excluding hydrogens is 287 g/mol. The summed E-state index contributed by atoms with van der Waals surface area (Å²) in [6, 6.07) is 0. The minimum absolute atomic E-state index is 0.472. The summed E-state index contributed by atoms with van der Waals surface area (Å²) in [6.45, 7) is 0. The van der Waals surface area contributed by atoms with Crippen LogP contribution in [0.15, 0.2) is 0 Å². The molecule has 1 amide bonds. The molecule has 0 bridgehead atoms. The Balaban J connectivity index is 2.52. The number of alkyl halides is 4. The zero-order valence-electron chi connectivity index (χ0n) is 8.87. The monoisotopic (exact) mass is 301 g/mol. The van der Waals surface area contributed by atoms with E-state index in [9.17, 15) is 18.0 Å². The molecule has 0 heterocycles. The van der Waals surface area contributed by atoms with Gasteiger partial charge in [0.05, 0.1) is 0 Å². The van der Waals surface area contributed by atoms with Gasteiger partial charge in [-0.3, -0.25) is 4.79 Å². The molecule has 0 aromatic rings. The summed E-state index contributed by atoms with van der Waals surface area (Å²) in [4.78, 5) is 11.2. The molecule has 1 rings (SSSR count). The van der Waals surface area contributed by atoms with E-state index in [2.05, 4.69) is 21.2 Å². The zero-order valence-corrected chi connectivity index (χ0v) is 10.5. The molecule has 0 spiro atoms. The fourth-order valence-electron chi connectivity index (χ4n) is 2.04. The minimum atomic E-state index is -4.42. The van der Waals surface area contributed by atoms with Gasteiger partial charge in [-0.15, -0.1) is 0 Å². The Morgan fingerprint density at radius 3 is 2.25 bits per heavy atom. The fraction of sp³-hybridized carbons (Fsp3) is 0.900. The van der Waals surface area contributed by atoms with Gasteiger partial charge in [-0.05, 0) is 12.8 Å². The van der Waals surface area contributed by atoms with Gasteiger partial charge in [-0.25, -0.2) is 0 Å². The maximum absolute atomic E-state index is 12.0. The van der Waals surface area contributed by atoms with Gasteiger partial charge >= 0.3 is 6.18 Å². The number of amides is 1. The Kier molecular flexibility index (Phi) is 4.64. The van der Waals surface area contributed by atoms with E-state index in [1.165, 1.54) is 0 Å². The molecular formula is C10H15BrF3NO. The van der Waals surface area contributed by atoms with Crippen molar-refractivity contribution < 1.29 is 18.0 Å². The van der Waals surface area contributed by atoms with Crippen LogP contribution in [0.5, 0.6) is 0 Å². The first-order chi connectivity index (χ1) is 7.37. The number of hydrogen-bond donors (Lipinski definition) is 1. The predicted molar refractivity (Wildman–Crippen MR) is 58.4 cm³/mol. The lowest BCUT2D eigenvalue weighted by Gasteiger charge is -2.36. The van der Waals surface area contributed by atoms with Gasteiger partial charge in [-0.2, -0.15) is 13.2 Å². The lowest BCUT2D eigenvalue weighted by atomic mass is 9.83. The van der Waals surface area contributed by atoms with Crippen LogP contribution in [0.4, 0.5) is 13.2 Å². The third kappa shape index (κ3) is 4.31. The number of halogens is 4. The van der Waals surface area contributed by atoms with Crippen LogP contribution in [-0.2, 0) is 4.79 Å². The number of carbonyl (C=O) groups is 1. The number of nitrogens with one attached hydrogen (secondary N) is 1. The van der Waals surface area contributed by atoms with Gasteiger partial charge < -0.3 is 5.32 Å². The van der Waals surface area contributed by atoms with E-state index in [1.807, 2.05) is 0 Å². The highest BCUT2D eigenvalue weighted by Gasteiger charge is 2.37. The lowest BCUT2D eigenvalue weighted by molar-refractivity contribution is -0.155. The molecule has 16 heavy (non-hydrogen) atoms. The van der Waals surface area contributed by atoms with Crippen molar-refractivity contribution in [1.82, 2.24) is 5.32 Å². The number of carbonyl (C=O) groups excluding carboxylic acids is 1. The maximum atomic E-state index is 12.0. The minimum Gasteiger partial charge on any atom is -0.350 e. The van der Waals surface area contributed by atoms with E-state index in [0.717, 1.165) is 32.1 Å². The van der Waals surface area contributed by atoms with Gasteiger partial charge in [0.15, 0.2) is 0 Å². The van der Waals surface area contributed by atoms with Gasteiger partial charge in [0, 0.05) is 10.9 Å². The van der Waals surface area contributed by atoms with E-state index < -0.39 is 24.0 Å². The first-order valence-electron chi connectivity index (χ1n) is 5.31. The smallest absolute Gasteiger partial charge is 0.350 e. The molecule has 1 aliphatic rings. The Hall–Kier alpha value is -0.260. The van der Waals surface area contributed by atoms with Crippen LogP contribution in [0.3, 0.4) is 0 Å². The van der Waals surface area contributed by atoms with Crippen molar-refractivity contribution in [1.29, 1.82) is 0 Å². The summed E-state index contributed by atoms with van der Waals surface area (Å²) in [6.07, 6.45) is -1.31. The Bertz CT molecular complexity index is 249. The van der Waals surface area contributed by atoms with Crippen molar-refractivity contribution in [3.05, 3.63) is 0 Å². The van der Waals surface area contributed by atoms with Crippen molar-refractivity contribution in [3.63, 3.8) is 0 Å². The molecule has 1 saturated carbocycles. The summed E-state index contributed by atoms with van der Waals surface area (Å²) in [7, 11) is 0. The zero-order chi connectivity index (χ0) is 12.2. The van der Waals surface area contributed by atoms with Crippen LogP contribution in [-0.4, -0.2) is 23.0 Å². The molecule has 0 aliphatic heterocycles. The largest absolute Gasteiger partial charge is 0.397 e. The van der Waals surface area contributed by atoms with Crippen molar-refractivity contribution in [2.24, 2.45) is 0 Å². The van der Waals surface area contributed by atoms with Crippen molar-refractivity contribution >= 4 is 21.8 Å². The van der Waals surface area contributed by atoms with Crippen molar-refractivity contribution in [2.45, 2.75) is 50.2 Å². The molecule has 0 radical (unpaired) electrons. The average Bonchev–Trinajstić information content (AvgIpc) is 2.16. The lowest BCUT2D eigenvalue weighted by Crippen LogP contribution is -2.51. The highest BCUT2D eigenvalue weighted by atomic mass is 79.9. The molecule has 0 saturated heterocycles. The van der Waals surface area contributed by atoms with Crippen molar-refractivity contribution in [2.75, 3.05) is 5.33 Å². The van der Waals surface area contributed by atoms with E-state index >= 15 is 0 Å². The fourth-order valence-corrected chi connectivity index (χ4v) is 2.74. The molecule has 0 aromatic heterocycles. The average molecular weight is 302 g/mol. The third-order valence-electron chi connectivity index (χ3n) is 2.83. The number of hydrogen-bond acceptors (Lipinski definition) is 1. The molecule has 0 unspecified atom stereocenters. The van der Waals surface area contributed by atoms with Crippen LogP contribution >= 0.6 is 15.9 Å². The summed E-state index contributed by atoms with van der Waals surface area (Å²) >= 11 is 3.28. The maximum Gasteiger partial charge on any atom is 0.397 e. The van der Waals surface area contributed by atoms with E-state index in [1.54, 1.807) is 0 Å². The van der Waals surface area contributed by atoms with Crippen LogP contribution in [0.1, 0.15) is 38.5 Å². The highest BCUT2D eigenvalue weighted by Crippen LogP contribution is 2.30. The van der Waals surface area contributed by atoms with Crippen molar-refractivity contribution in [3.8, 4) is 0 Å². The van der Waals surface area contributed by atoms with Gasteiger partial charge in [0.1, 0.15) is 6.42 Å². The van der Waals surface area contributed by atoms with Crippen LogP contribution in [0, 0.1) is 0 Å². The standard InChI is InChI=1S/C10H15BrF3NO/c11-7-9(4-2-1-3-5-9)15-8(16)6-10(12,13)14/h1-7H2,(H,15,16). The molecule has 0 aromatic carbocycles. The van der Waals surface area contributed by atoms with Crippen LogP contribution in [0.25, 0.3) is 0 Å². The highest BCUT2D eigenvalue weighted by molar-refractivity contribution is 9.09. The Morgan fingerprint density at radius 2 is 1.81 bits per heavy atom. The first kappa shape index (κ1) is 13.8. The molecule has 94 valence electrons. The number of rotatable bonds is 3. The third-order valence-corrected chi connectivity index (χ3v) is 3.91. The SMILES string of the molecule is O=C(CC(F)(F)F)NC1(CBr)CCCCC1. The van der Waals surface area contributed by atoms with E-state index in [0.29, 0.717) is 5.33 Å². The summed E-state index contributed by atoms with van der Waals surface area (Å²) in [5, 5.41) is 3.05. The molecule has 0 atom stereocenters. The molecule has 6 heteroatoms. The Morgan fingerprint density at radius 1 is 1.25 bits per heavy atom. The molecule has 1 N–H and O–H groups in total. The van der Waals surface area contributed by atoms with E-state index in [4.69, 9.17) is 0 Å². The van der Waals surface area contributed by atoms with Crippen LogP contribution in [0.2, 0.25) is 0 Å².